The van der Waals surface area contributed by atoms with Crippen LogP contribution in [0.3, 0.4) is 0 Å². The highest BCUT2D eigenvalue weighted by Crippen LogP contribution is 2.54. The zero-order chi connectivity index (χ0) is 27.6. The van der Waals surface area contributed by atoms with Crippen LogP contribution in [-0.4, -0.2) is 33.5 Å². The summed E-state index contributed by atoms with van der Waals surface area (Å²) >= 11 is 0. The van der Waals surface area contributed by atoms with E-state index in [-0.39, 0.29) is 11.3 Å². The van der Waals surface area contributed by atoms with Crippen LogP contribution >= 0.6 is 0 Å². The summed E-state index contributed by atoms with van der Waals surface area (Å²) in [6.45, 7) is 0. The molecule has 2 saturated heterocycles. The van der Waals surface area contributed by atoms with Crippen LogP contribution in [0, 0.1) is 22.0 Å². The van der Waals surface area contributed by atoms with Gasteiger partial charge in [0.15, 0.2) is 5.78 Å². The average Bonchev–Trinajstić information content (AvgIpc) is 3.40. The van der Waals surface area contributed by atoms with Crippen molar-refractivity contribution >= 4 is 35.0 Å². The van der Waals surface area contributed by atoms with Crippen molar-refractivity contribution in [2.75, 3.05) is 4.90 Å². The molecule has 11 heteroatoms. The van der Waals surface area contributed by atoms with Gasteiger partial charge in [0, 0.05) is 23.9 Å². The van der Waals surface area contributed by atoms with Gasteiger partial charge >= 0.3 is 6.18 Å². The van der Waals surface area contributed by atoms with Crippen LogP contribution < -0.4 is 4.90 Å². The summed E-state index contributed by atoms with van der Waals surface area (Å²) in [5, 5.41) is 11.3. The second-order valence-electron chi connectivity index (χ2n) is 9.53. The Morgan fingerprint density at radius 1 is 0.897 bits per heavy atom. The van der Waals surface area contributed by atoms with E-state index in [9.17, 15) is 37.7 Å². The lowest BCUT2D eigenvalue weighted by molar-refractivity contribution is -0.384. The molecule has 2 amide bonds. The number of amides is 2. The predicted molar refractivity (Wildman–Crippen MR) is 132 cm³/mol. The first-order valence-corrected chi connectivity index (χ1v) is 12.0. The molecule has 6 rings (SSSR count). The molecule has 0 unspecified atom stereocenters. The van der Waals surface area contributed by atoms with E-state index >= 15 is 0 Å². The molecule has 3 aliphatic rings. The minimum atomic E-state index is -4.83. The summed E-state index contributed by atoms with van der Waals surface area (Å²) in [6.07, 6.45) is -1.51. The van der Waals surface area contributed by atoms with Crippen molar-refractivity contribution in [1.82, 2.24) is 4.90 Å². The van der Waals surface area contributed by atoms with Gasteiger partial charge in [-0.3, -0.25) is 24.5 Å². The maximum atomic E-state index is 13.9. The molecule has 196 valence electrons. The van der Waals surface area contributed by atoms with E-state index in [0.29, 0.717) is 10.5 Å². The molecular weight excluding hydrogens is 515 g/mol. The van der Waals surface area contributed by atoms with Gasteiger partial charge in [-0.1, -0.05) is 48.5 Å². The highest BCUT2D eigenvalue weighted by molar-refractivity contribution is 6.25. The van der Waals surface area contributed by atoms with E-state index in [1.54, 1.807) is 41.4 Å². The second-order valence-corrected chi connectivity index (χ2v) is 9.53. The summed E-state index contributed by atoms with van der Waals surface area (Å²) < 4.78 is 41.6. The van der Waals surface area contributed by atoms with Crippen LogP contribution in [0.5, 0.6) is 0 Å². The number of para-hydroxylation sites is 1. The summed E-state index contributed by atoms with van der Waals surface area (Å²) in [5.41, 5.74) is -0.723. The summed E-state index contributed by atoms with van der Waals surface area (Å²) in [6, 6.07) is 14.3. The number of nitro benzene ring substituents is 1. The lowest BCUT2D eigenvalue weighted by Gasteiger charge is -2.35. The summed E-state index contributed by atoms with van der Waals surface area (Å²) in [4.78, 5) is 54.4. The van der Waals surface area contributed by atoms with Crippen LogP contribution in [0.4, 0.5) is 24.5 Å². The molecule has 3 aromatic carbocycles. The molecule has 0 bridgehead atoms. The van der Waals surface area contributed by atoms with Gasteiger partial charge in [-0.25, -0.2) is 4.90 Å². The van der Waals surface area contributed by atoms with Crippen LogP contribution in [0.2, 0.25) is 0 Å². The normalized spacial score (nSPS) is 23.5. The number of hydrogen-bond acceptors (Lipinski definition) is 6. The Bertz CT molecular complexity index is 1600. The molecule has 0 aliphatic carbocycles. The quantitative estimate of drug-likeness (QED) is 0.202. The zero-order valence-corrected chi connectivity index (χ0v) is 19.9. The molecule has 0 spiro atoms. The molecule has 0 saturated carbocycles. The van der Waals surface area contributed by atoms with Crippen molar-refractivity contribution in [1.29, 1.82) is 0 Å². The third kappa shape index (κ3) is 3.64. The van der Waals surface area contributed by atoms with Crippen LogP contribution in [0.15, 0.2) is 79.0 Å². The number of benzene rings is 3. The number of Topliss-reactive ketones (excluding diaryl/α,β-unsaturated/α-hetero) is 1. The van der Waals surface area contributed by atoms with Gasteiger partial charge in [0.1, 0.15) is 6.04 Å². The number of imide groups is 1. The number of carbonyl (C=O) groups is 3. The van der Waals surface area contributed by atoms with Gasteiger partial charge in [-0.15, -0.1) is 0 Å². The lowest BCUT2D eigenvalue weighted by Crippen LogP contribution is -2.44. The van der Waals surface area contributed by atoms with Crippen molar-refractivity contribution in [3.8, 4) is 0 Å². The zero-order valence-electron chi connectivity index (χ0n) is 19.9. The number of carbonyl (C=O) groups excluding carboxylic acids is 3. The maximum Gasteiger partial charge on any atom is 0.418 e. The number of fused-ring (bicyclic) bond motifs is 5. The van der Waals surface area contributed by atoms with E-state index in [0.717, 1.165) is 29.8 Å². The van der Waals surface area contributed by atoms with Crippen molar-refractivity contribution in [3.05, 3.63) is 111 Å². The Morgan fingerprint density at radius 2 is 1.59 bits per heavy atom. The van der Waals surface area contributed by atoms with E-state index in [4.69, 9.17) is 0 Å². The van der Waals surface area contributed by atoms with Crippen molar-refractivity contribution in [2.24, 2.45) is 11.8 Å². The first kappa shape index (κ1) is 24.5. The van der Waals surface area contributed by atoms with Gasteiger partial charge in [0.25, 0.3) is 5.69 Å². The summed E-state index contributed by atoms with van der Waals surface area (Å²) in [5.74, 6) is -4.88. The van der Waals surface area contributed by atoms with Gasteiger partial charge in [-0.05, 0) is 29.3 Å². The van der Waals surface area contributed by atoms with Gasteiger partial charge < -0.3 is 4.90 Å². The molecule has 0 radical (unpaired) electrons. The van der Waals surface area contributed by atoms with Gasteiger partial charge in [0.2, 0.25) is 11.8 Å². The molecule has 4 atom stereocenters. The molecule has 2 fully saturated rings. The molecule has 3 heterocycles. The van der Waals surface area contributed by atoms with Gasteiger partial charge in [0.05, 0.1) is 34.1 Å². The maximum absolute atomic E-state index is 13.9. The Kier molecular flexibility index (Phi) is 5.42. The number of nitrogens with zero attached hydrogens (tertiary/aromatic N) is 3. The minimum absolute atomic E-state index is 0.0461. The Morgan fingerprint density at radius 3 is 2.33 bits per heavy atom. The van der Waals surface area contributed by atoms with Crippen molar-refractivity contribution in [2.45, 2.75) is 18.3 Å². The Hall–Kier alpha value is -4.80. The van der Waals surface area contributed by atoms with Gasteiger partial charge in [-0.2, -0.15) is 13.2 Å². The fourth-order valence-corrected chi connectivity index (χ4v) is 5.95. The SMILES string of the molecule is O=C(c1cccc([N+](=O)[O-])c1)[C@@H]1[C@@H]2C(=O)N(c3ccccc3C(F)(F)F)C(=O)[C@@H]2[C@H]2c3ccccc3C=CN12. The first-order valence-electron chi connectivity index (χ1n) is 12.0. The second kappa shape index (κ2) is 8.62. The van der Waals surface area contributed by atoms with Crippen LogP contribution in [0.25, 0.3) is 6.08 Å². The number of anilines is 1. The minimum Gasteiger partial charge on any atom is -0.358 e. The standard InChI is InChI=1S/C28H18F3N3O5/c29-28(30,31)19-10-3-4-11-20(19)33-26(36)21-22(27(33)37)24(25(35)16-7-5-8-17(14-16)34(38)39)32-13-12-15-6-1-2-9-18(15)23(21)32/h1-14,21-24H/t21-,22+,23+,24-/m0/s1. The molecule has 3 aliphatic heterocycles. The van der Waals surface area contributed by atoms with E-state index in [1.165, 1.54) is 24.3 Å². The number of non-ortho nitro benzene ring substituents is 1. The Labute approximate surface area is 219 Å². The smallest absolute Gasteiger partial charge is 0.358 e. The van der Waals surface area contributed by atoms with Crippen molar-refractivity contribution in [3.63, 3.8) is 0 Å². The first-order chi connectivity index (χ1) is 18.6. The third-order valence-electron chi connectivity index (χ3n) is 7.52. The largest absolute Gasteiger partial charge is 0.418 e. The van der Waals surface area contributed by atoms with Crippen LogP contribution in [-0.2, 0) is 15.8 Å². The monoisotopic (exact) mass is 533 g/mol. The Balaban J connectivity index is 1.51. The number of rotatable bonds is 4. The van der Waals surface area contributed by atoms with E-state index in [2.05, 4.69) is 0 Å². The number of nitro groups is 1. The third-order valence-corrected chi connectivity index (χ3v) is 7.52. The molecule has 0 aromatic heterocycles. The van der Waals surface area contributed by atoms with Crippen molar-refractivity contribution < 1.29 is 32.5 Å². The molecule has 39 heavy (non-hydrogen) atoms. The van der Waals surface area contributed by atoms with E-state index in [1.807, 2.05) is 0 Å². The average molecular weight is 533 g/mol. The fraction of sp³-hybridized carbons (Fsp3) is 0.179. The number of hydrogen-bond donors (Lipinski definition) is 0. The highest BCUT2D eigenvalue weighted by atomic mass is 19.4. The predicted octanol–water partition coefficient (Wildman–Crippen LogP) is 5.01. The molecule has 0 N–H and O–H groups in total. The number of ketones is 1. The number of alkyl halides is 3. The summed E-state index contributed by atoms with van der Waals surface area (Å²) in [7, 11) is 0. The molecule has 8 nitrogen and oxygen atoms in total. The topological polar surface area (TPSA) is 101 Å². The molecular formula is C28H18F3N3O5. The number of halogens is 3. The highest BCUT2D eigenvalue weighted by Gasteiger charge is 2.65. The van der Waals surface area contributed by atoms with Crippen LogP contribution in [0.1, 0.15) is 33.1 Å². The fourth-order valence-electron chi connectivity index (χ4n) is 5.95. The van der Waals surface area contributed by atoms with E-state index < -0.39 is 63.9 Å². The lowest BCUT2D eigenvalue weighted by atomic mass is 9.83. The molecule has 3 aromatic rings.